The molecule has 1 fully saturated rings. The van der Waals surface area contributed by atoms with Gasteiger partial charge in [-0.05, 0) is 61.4 Å². The number of rotatable bonds is 7. The van der Waals surface area contributed by atoms with E-state index in [1.54, 1.807) is 36.0 Å². The molecule has 0 bridgehead atoms. The molecular weight excluding hydrogens is 406 g/mol. The van der Waals surface area contributed by atoms with E-state index in [9.17, 15) is 9.59 Å². The van der Waals surface area contributed by atoms with Gasteiger partial charge in [-0.15, -0.1) is 0 Å². The van der Waals surface area contributed by atoms with Crippen LogP contribution in [-0.4, -0.2) is 17.5 Å². The lowest BCUT2D eigenvalue weighted by Crippen LogP contribution is -2.23. The highest BCUT2D eigenvalue weighted by Crippen LogP contribution is 2.30. The van der Waals surface area contributed by atoms with E-state index in [0.29, 0.717) is 16.8 Å². The van der Waals surface area contributed by atoms with Crippen molar-refractivity contribution in [3.63, 3.8) is 0 Å². The minimum Gasteiger partial charge on any atom is -0.312 e. The molecule has 0 amide bonds. The number of benzene rings is 3. The lowest BCUT2D eigenvalue weighted by Gasteiger charge is -2.12. The zero-order valence-corrected chi connectivity index (χ0v) is 17.9. The fourth-order valence-electron chi connectivity index (χ4n) is 3.67. The normalized spacial score (nSPS) is 14.4. The van der Waals surface area contributed by atoms with Crippen LogP contribution in [-0.2, 0) is 4.84 Å². The molecule has 0 aliphatic heterocycles. The van der Waals surface area contributed by atoms with E-state index in [4.69, 9.17) is 4.84 Å². The van der Waals surface area contributed by atoms with Gasteiger partial charge < -0.3 is 4.84 Å². The molecule has 156 valence electrons. The first-order valence-electron chi connectivity index (χ1n) is 10.4. The number of ketones is 1. The van der Waals surface area contributed by atoms with Gasteiger partial charge in [-0.2, -0.15) is 0 Å². The molecule has 0 aromatic heterocycles. The summed E-state index contributed by atoms with van der Waals surface area (Å²) in [6.07, 6.45) is 3.87. The van der Waals surface area contributed by atoms with Gasteiger partial charge in [0.05, 0.1) is 5.56 Å². The van der Waals surface area contributed by atoms with Crippen molar-refractivity contribution in [1.82, 2.24) is 0 Å². The van der Waals surface area contributed by atoms with Gasteiger partial charge in [0.2, 0.25) is 5.78 Å². The Morgan fingerprint density at radius 1 is 0.742 bits per heavy atom. The van der Waals surface area contributed by atoms with E-state index in [0.717, 1.165) is 35.5 Å². The van der Waals surface area contributed by atoms with Crippen LogP contribution in [0.4, 0.5) is 0 Å². The van der Waals surface area contributed by atoms with Gasteiger partial charge in [-0.25, -0.2) is 4.79 Å². The number of carbonyl (C=O) groups excluding carboxylic acids is 2. The highest BCUT2D eigenvalue weighted by molar-refractivity contribution is 7.99. The second-order valence-corrected chi connectivity index (χ2v) is 8.62. The SMILES string of the molecule is O=C(O/N=C(\C(=O)c1ccc(Sc2ccccc2)cc1)C1CCCC1)c1ccccc1. The first-order valence-corrected chi connectivity index (χ1v) is 11.2. The summed E-state index contributed by atoms with van der Waals surface area (Å²) in [5.41, 5.74) is 1.30. The fraction of sp³-hybridized carbons (Fsp3) is 0.192. The van der Waals surface area contributed by atoms with Crippen LogP contribution in [0.25, 0.3) is 0 Å². The smallest absolute Gasteiger partial charge is 0.312 e. The van der Waals surface area contributed by atoms with E-state index < -0.39 is 5.97 Å². The second kappa shape index (κ2) is 10.2. The zero-order chi connectivity index (χ0) is 21.5. The molecule has 4 rings (SSSR count). The van der Waals surface area contributed by atoms with Crippen molar-refractivity contribution in [2.75, 3.05) is 0 Å². The number of hydrogen-bond acceptors (Lipinski definition) is 5. The molecular formula is C26H23NO3S. The Kier molecular flexibility index (Phi) is 6.95. The van der Waals surface area contributed by atoms with Gasteiger partial charge in [0.25, 0.3) is 0 Å². The predicted molar refractivity (Wildman–Crippen MR) is 123 cm³/mol. The topological polar surface area (TPSA) is 55.7 Å². The van der Waals surface area contributed by atoms with E-state index >= 15 is 0 Å². The molecule has 0 N–H and O–H groups in total. The van der Waals surface area contributed by atoms with Gasteiger partial charge in [0.1, 0.15) is 5.71 Å². The number of Topliss-reactive ketones (excluding diaryl/α,β-unsaturated/α-hetero) is 1. The maximum absolute atomic E-state index is 13.2. The quantitative estimate of drug-likeness (QED) is 0.188. The van der Waals surface area contributed by atoms with Crippen LogP contribution in [0.15, 0.2) is 99.9 Å². The average Bonchev–Trinajstić information content (AvgIpc) is 3.35. The van der Waals surface area contributed by atoms with Gasteiger partial charge in [0.15, 0.2) is 0 Å². The van der Waals surface area contributed by atoms with Gasteiger partial charge in [-0.3, -0.25) is 4.79 Å². The molecule has 4 nitrogen and oxygen atoms in total. The molecule has 3 aromatic rings. The molecule has 1 aliphatic carbocycles. The Balaban J connectivity index is 1.51. The molecule has 3 aromatic carbocycles. The minimum absolute atomic E-state index is 0.0226. The van der Waals surface area contributed by atoms with Crippen molar-refractivity contribution < 1.29 is 14.4 Å². The van der Waals surface area contributed by atoms with Crippen LogP contribution in [0.5, 0.6) is 0 Å². The average molecular weight is 430 g/mol. The Hall–Kier alpha value is -3.18. The monoisotopic (exact) mass is 429 g/mol. The van der Waals surface area contributed by atoms with Crippen LogP contribution >= 0.6 is 11.8 Å². The summed E-state index contributed by atoms with van der Waals surface area (Å²) in [4.78, 5) is 32.9. The van der Waals surface area contributed by atoms with Gasteiger partial charge in [-0.1, -0.05) is 66.2 Å². The Bertz CT molecular complexity index is 1060. The zero-order valence-electron chi connectivity index (χ0n) is 17.1. The number of hydrogen-bond donors (Lipinski definition) is 0. The van der Waals surface area contributed by atoms with Gasteiger partial charge in [0, 0.05) is 21.3 Å². The van der Waals surface area contributed by atoms with Crippen molar-refractivity contribution in [1.29, 1.82) is 0 Å². The summed E-state index contributed by atoms with van der Waals surface area (Å²) >= 11 is 1.64. The molecule has 31 heavy (non-hydrogen) atoms. The summed E-state index contributed by atoms with van der Waals surface area (Å²) in [5.74, 6) is -0.711. The van der Waals surface area contributed by atoms with Crippen molar-refractivity contribution >= 4 is 29.2 Å². The summed E-state index contributed by atoms with van der Waals surface area (Å²) in [5, 5.41) is 4.06. The highest BCUT2D eigenvalue weighted by Gasteiger charge is 2.28. The third-order valence-corrected chi connectivity index (χ3v) is 6.32. The summed E-state index contributed by atoms with van der Waals surface area (Å²) < 4.78 is 0. The molecule has 1 aliphatic rings. The van der Waals surface area contributed by atoms with E-state index in [-0.39, 0.29) is 11.7 Å². The van der Waals surface area contributed by atoms with Crippen molar-refractivity contribution in [3.8, 4) is 0 Å². The molecule has 1 saturated carbocycles. The number of carbonyl (C=O) groups is 2. The highest BCUT2D eigenvalue weighted by atomic mass is 32.2. The third kappa shape index (κ3) is 5.50. The predicted octanol–water partition coefficient (Wildman–Crippen LogP) is 6.42. The first kappa shape index (κ1) is 21.1. The van der Waals surface area contributed by atoms with Crippen LogP contribution in [0.2, 0.25) is 0 Å². The molecule has 5 heteroatoms. The van der Waals surface area contributed by atoms with Crippen molar-refractivity contribution in [2.45, 2.75) is 35.5 Å². The Morgan fingerprint density at radius 3 is 1.97 bits per heavy atom. The Morgan fingerprint density at radius 2 is 1.32 bits per heavy atom. The molecule has 0 radical (unpaired) electrons. The van der Waals surface area contributed by atoms with E-state index in [2.05, 4.69) is 17.3 Å². The molecule has 0 saturated heterocycles. The van der Waals surface area contributed by atoms with Crippen molar-refractivity contribution in [3.05, 3.63) is 96.1 Å². The summed E-state index contributed by atoms with van der Waals surface area (Å²) in [6.45, 7) is 0. The third-order valence-electron chi connectivity index (χ3n) is 5.31. The van der Waals surface area contributed by atoms with Crippen LogP contribution < -0.4 is 0 Å². The Labute approximate surface area is 186 Å². The van der Waals surface area contributed by atoms with E-state index in [1.165, 1.54) is 0 Å². The second-order valence-electron chi connectivity index (χ2n) is 7.47. The van der Waals surface area contributed by atoms with Crippen LogP contribution in [0.1, 0.15) is 46.4 Å². The molecule has 0 spiro atoms. The lowest BCUT2D eigenvalue weighted by atomic mass is 9.94. The number of nitrogens with zero attached hydrogens (tertiary/aromatic N) is 1. The maximum atomic E-state index is 13.2. The molecule has 0 heterocycles. The first-order chi connectivity index (χ1) is 15.2. The van der Waals surface area contributed by atoms with Crippen molar-refractivity contribution in [2.24, 2.45) is 11.1 Å². The van der Waals surface area contributed by atoms with E-state index in [1.807, 2.05) is 48.5 Å². The van der Waals surface area contributed by atoms with Gasteiger partial charge >= 0.3 is 5.97 Å². The molecule has 0 atom stereocenters. The maximum Gasteiger partial charge on any atom is 0.365 e. The minimum atomic E-state index is -0.557. The largest absolute Gasteiger partial charge is 0.365 e. The standard InChI is InChI=1S/C26H23NO3S/c28-25(20-15-17-23(18-16-20)31-22-13-5-2-6-14-22)24(19-9-7-8-10-19)27-30-26(29)21-11-3-1-4-12-21/h1-6,11-19H,7-10H2/b27-24-. The lowest BCUT2D eigenvalue weighted by molar-refractivity contribution is 0.0513. The summed E-state index contributed by atoms with van der Waals surface area (Å²) in [7, 11) is 0. The van der Waals surface area contributed by atoms with Crippen LogP contribution in [0.3, 0.4) is 0 Å². The number of oxime groups is 1. The summed E-state index contributed by atoms with van der Waals surface area (Å²) in [6, 6.07) is 26.3. The van der Waals surface area contributed by atoms with Crippen LogP contribution in [0, 0.1) is 5.92 Å². The molecule has 0 unspecified atom stereocenters. The fourth-order valence-corrected chi connectivity index (χ4v) is 4.50.